The van der Waals surface area contributed by atoms with Gasteiger partial charge in [-0.3, -0.25) is 0 Å². The third-order valence-electron chi connectivity index (χ3n) is 7.94. The first-order valence-corrected chi connectivity index (χ1v) is 12.4. The number of benzene rings is 6. The Labute approximate surface area is 206 Å². The molecular weight excluding hydrogens is 438 g/mol. The Bertz CT molecular complexity index is 2180. The molecule has 2 nitrogen and oxygen atoms in total. The van der Waals surface area contributed by atoms with Crippen LogP contribution in [0.15, 0.2) is 120 Å². The molecule has 1 aliphatic rings. The number of fused-ring (bicyclic) bond motifs is 10. The van der Waals surface area contributed by atoms with Gasteiger partial charge in [-0.2, -0.15) is 0 Å². The fraction of sp³-hybridized carbons (Fsp3) is 0. The summed E-state index contributed by atoms with van der Waals surface area (Å²) in [5.74, 6) is 0. The SMILES string of the molecule is c1ccc2c(c1)-c1cccc3c(-n4c5ccccc5c5c6c(ccc54)oc4ccccc46)ccc-2c13. The number of hydrogen-bond donors (Lipinski definition) is 0. The molecule has 36 heavy (non-hydrogen) atoms. The molecule has 1 aliphatic carbocycles. The lowest BCUT2D eigenvalue weighted by Crippen LogP contribution is -1.95. The van der Waals surface area contributed by atoms with E-state index in [9.17, 15) is 0 Å². The van der Waals surface area contributed by atoms with Gasteiger partial charge in [0, 0.05) is 26.9 Å². The van der Waals surface area contributed by atoms with Gasteiger partial charge in [-0.1, -0.05) is 84.9 Å². The summed E-state index contributed by atoms with van der Waals surface area (Å²) in [6.07, 6.45) is 0. The second-order valence-corrected chi connectivity index (χ2v) is 9.69. The second-order valence-electron chi connectivity index (χ2n) is 9.69. The van der Waals surface area contributed by atoms with E-state index in [1.165, 1.54) is 65.9 Å². The van der Waals surface area contributed by atoms with Crippen molar-refractivity contribution >= 4 is 54.5 Å². The van der Waals surface area contributed by atoms with Crippen molar-refractivity contribution in [2.45, 2.75) is 0 Å². The summed E-state index contributed by atoms with van der Waals surface area (Å²) in [5.41, 5.74) is 10.8. The molecule has 0 bridgehead atoms. The average Bonchev–Trinajstić information content (AvgIpc) is 3.58. The van der Waals surface area contributed by atoms with Crippen LogP contribution in [0.4, 0.5) is 0 Å². The third-order valence-corrected chi connectivity index (χ3v) is 7.94. The van der Waals surface area contributed by atoms with Crippen molar-refractivity contribution in [1.82, 2.24) is 4.57 Å². The number of para-hydroxylation sites is 2. The fourth-order valence-corrected chi connectivity index (χ4v) is 6.52. The van der Waals surface area contributed by atoms with E-state index in [1.807, 2.05) is 6.07 Å². The molecule has 2 heteroatoms. The zero-order valence-electron chi connectivity index (χ0n) is 19.3. The Morgan fingerprint density at radius 1 is 0.389 bits per heavy atom. The summed E-state index contributed by atoms with van der Waals surface area (Å²) < 4.78 is 8.70. The minimum Gasteiger partial charge on any atom is -0.456 e. The van der Waals surface area contributed by atoms with Crippen LogP contribution in [0, 0.1) is 0 Å². The summed E-state index contributed by atoms with van der Waals surface area (Å²) in [6.45, 7) is 0. The van der Waals surface area contributed by atoms with Crippen molar-refractivity contribution < 1.29 is 4.42 Å². The van der Waals surface area contributed by atoms with Gasteiger partial charge in [0.2, 0.25) is 0 Å². The predicted octanol–water partition coefficient (Wildman–Crippen LogP) is 9.48. The van der Waals surface area contributed by atoms with Gasteiger partial charge in [-0.15, -0.1) is 0 Å². The van der Waals surface area contributed by atoms with Gasteiger partial charge in [0.1, 0.15) is 11.2 Å². The van der Waals surface area contributed by atoms with Crippen molar-refractivity contribution in [3.8, 4) is 27.9 Å². The topological polar surface area (TPSA) is 18.1 Å². The van der Waals surface area contributed by atoms with E-state index in [-0.39, 0.29) is 0 Å². The van der Waals surface area contributed by atoms with Crippen molar-refractivity contribution in [1.29, 1.82) is 0 Å². The zero-order valence-corrected chi connectivity index (χ0v) is 19.3. The van der Waals surface area contributed by atoms with Crippen LogP contribution in [-0.2, 0) is 0 Å². The number of nitrogens with zero attached hydrogens (tertiary/aromatic N) is 1. The van der Waals surface area contributed by atoms with Crippen LogP contribution < -0.4 is 0 Å². The molecule has 2 aromatic heterocycles. The van der Waals surface area contributed by atoms with Crippen LogP contribution in [0.1, 0.15) is 0 Å². The predicted molar refractivity (Wildman–Crippen MR) is 150 cm³/mol. The van der Waals surface area contributed by atoms with E-state index in [0.717, 1.165) is 16.6 Å². The van der Waals surface area contributed by atoms with E-state index in [4.69, 9.17) is 4.42 Å². The first kappa shape index (κ1) is 18.5. The van der Waals surface area contributed by atoms with Gasteiger partial charge in [0.15, 0.2) is 0 Å². The Morgan fingerprint density at radius 2 is 1.08 bits per heavy atom. The molecule has 166 valence electrons. The highest BCUT2D eigenvalue weighted by Gasteiger charge is 2.24. The van der Waals surface area contributed by atoms with Crippen molar-refractivity contribution in [2.75, 3.05) is 0 Å². The molecule has 0 atom stereocenters. The Morgan fingerprint density at radius 3 is 1.97 bits per heavy atom. The Kier molecular flexibility index (Phi) is 3.31. The molecule has 0 N–H and O–H groups in total. The van der Waals surface area contributed by atoms with E-state index in [0.29, 0.717) is 0 Å². The van der Waals surface area contributed by atoms with Crippen LogP contribution in [0.5, 0.6) is 0 Å². The van der Waals surface area contributed by atoms with Gasteiger partial charge in [0.25, 0.3) is 0 Å². The molecule has 0 amide bonds. The summed E-state index contributed by atoms with van der Waals surface area (Å²) in [6, 6.07) is 41.5. The number of aromatic nitrogens is 1. The van der Waals surface area contributed by atoms with Crippen LogP contribution >= 0.6 is 0 Å². The number of hydrogen-bond acceptors (Lipinski definition) is 1. The Hall–Kier alpha value is -4.82. The largest absolute Gasteiger partial charge is 0.456 e. The van der Waals surface area contributed by atoms with Crippen molar-refractivity contribution in [2.24, 2.45) is 0 Å². The highest BCUT2D eigenvalue weighted by atomic mass is 16.3. The average molecular weight is 458 g/mol. The molecule has 0 unspecified atom stereocenters. The second kappa shape index (κ2) is 6.44. The van der Waals surface area contributed by atoms with Gasteiger partial charge >= 0.3 is 0 Å². The molecule has 8 aromatic rings. The highest BCUT2D eigenvalue weighted by Crippen LogP contribution is 2.49. The summed E-state index contributed by atoms with van der Waals surface area (Å²) >= 11 is 0. The lowest BCUT2D eigenvalue weighted by atomic mass is 10.0. The first-order valence-electron chi connectivity index (χ1n) is 12.4. The smallest absolute Gasteiger partial charge is 0.136 e. The summed E-state index contributed by atoms with van der Waals surface area (Å²) in [7, 11) is 0. The van der Waals surface area contributed by atoms with Crippen LogP contribution in [0.25, 0.3) is 82.5 Å². The lowest BCUT2D eigenvalue weighted by molar-refractivity contribution is 0.669. The molecule has 9 rings (SSSR count). The molecule has 2 heterocycles. The van der Waals surface area contributed by atoms with Crippen LogP contribution in [-0.4, -0.2) is 4.57 Å². The van der Waals surface area contributed by atoms with Crippen LogP contribution in [0.3, 0.4) is 0 Å². The number of rotatable bonds is 1. The molecule has 6 aromatic carbocycles. The van der Waals surface area contributed by atoms with Crippen LogP contribution in [0.2, 0.25) is 0 Å². The summed E-state index contributed by atoms with van der Waals surface area (Å²) in [4.78, 5) is 0. The fourth-order valence-electron chi connectivity index (χ4n) is 6.52. The first-order chi connectivity index (χ1) is 17.9. The molecule has 0 radical (unpaired) electrons. The lowest BCUT2D eigenvalue weighted by Gasteiger charge is -2.13. The van der Waals surface area contributed by atoms with Gasteiger partial charge in [-0.05, 0) is 58.0 Å². The van der Waals surface area contributed by atoms with Gasteiger partial charge in [-0.25, -0.2) is 0 Å². The minimum absolute atomic E-state index is 0.930. The maximum atomic E-state index is 6.26. The van der Waals surface area contributed by atoms with E-state index >= 15 is 0 Å². The van der Waals surface area contributed by atoms with E-state index in [2.05, 4.69) is 114 Å². The zero-order chi connectivity index (χ0) is 23.4. The van der Waals surface area contributed by atoms with E-state index in [1.54, 1.807) is 0 Å². The maximum absolute atomic E-state index is 6.26. The molecular formula is C34H19NO. The molecule has 0 fully saturated rings. The molecule has 0 spiro atoms. The number of furan rings is 1. The van der Waals surface area contributed by atoms with Gasteiger partial charge in [0.05, 0.1) is 16.7 Å². The maximum Gasteiger partial charge on any atom is 0.136 e. The minimum atomic E-state index is 0.930. The molecule has 0 saturated heterocycles. The monoisotopic (exact) mass is 457 g/mol. The van der Waals surface area contributed by atoms with Crippen molar-refractivity contribution in [3.05, 3.63) is 115 Å². The highest BCUT2D eigenvalue weighted by molar-refractivity contribution is 6.28. The van der Waals surface area contributed by atoms with Gasteiger partial charge < -0.3 is 8.98 Å². The van der Waals surface area contributed by atoms with Crippen molar-refractivity contribution in [3.63, 3.8) is 0 Å². The quantitative estimate of drug-likeness (QED) is 0.240. The van der Waals surface area contributed by atoms with E-state index < -0.39 is 0 Å². The Balaban J connectivity index is 1.48. The molecule has 0 aliphatic heterocycles. The normalized spacial score (nSPS) is 12.4. The standard InChI is InChI=1S/C34H19NO/c1-2-9-21-20(8-1)22-12-7-13-24-28(17-16-23(21)32(22)24)35-27-14-5-3-10-25(27)33-29(35)18-19-31-34(33)26-11-4-6-15-30(26)36-31/h1-19H. The molecule has 0 saturated carbocycles. The summed E-state index contributed by atoms with van der Waals surface area (Å²) in [5, 5.41) is 7.47. The third kappa shape index (κ3) is 2.14.